The van der Waals surface area contributed by atoms with Gasteiger partial charge in [-0.15, -0.1) is 0 Å². The van der Waals surface area contributed by atoms with Crippen LogP contribution in [0.2, 0.25) is 10.0 Å². The van der Waals surface area contributed by atoms with Crippen LogP contribution in [-0.2, 0) is 4.57 Å². The smallest absolute Gasteiger partial charge is 0.216 e. The van der Waals surface area contributed by atoms with Crippen molar-refractivity contribution in [3.05, 3.63) is 112 Å². The van der Waals surface area contributed by atoms with E-state index >= 15 is 0 Å². The summed E-state index contributed by atoms with van der Waals surface area (Å²) < 4.78 is 13.9. The fourth-order valence-electron chi connectivity index (χ4n) is 2.56. The monoisotopic (exact) mass is 481 g/mol. The van der Waals surface area contributed by atoms with Gasteiger partial charge in [-0.2, -0.15) is 0 Å². The van der Waals surface area contributed by atoms with Crippen LogP contribution in [-0.4, -0.2) is 0 Å². The number of hydrogen-bond donors (Lipinski definition) is 1. The Labute approximate surface area is 190 Å². The van der Waals surface area contributed by atoms with Crippen LogP contribution in [0.3, 0.4) is 0 Å². The highest BCUT2D eigenvalue weighted by Crippen LogP contribution is 2.55. The maximum absolute atomic E-state index is 13.9. The number of rotatable bonds is 6. The normalized spacial score (nSPS) is 14.3. The van der Waals surface area contributed by atoms with E-state index in [-0.39, 0.29) is 0 Å². The lowest BCUT2D eigenvalue weighted by molar-refractivity contribution is 0.589. The first-order valence-electron chi connectivity index (χ1n) is 8.57. The average molecular weight is 483 g/mol. The van der Waals surface area contributed by atoms with Crippen LogP contribution in [0.5, 0.6) is 0 Å². The minimum atomic E-state index is -3.45. The summed E-state index contributed by atoms with van der Waals surface area (Å²) in [6.07, 6.45) is 0. The van der Waals surface area contributed by atoms with E-state index in [0.717, 1.165) is 11.1 Å². The fourth-order valence-corrected chi connectivity index (χ4v) is 6.07. The molecule has 29 heavy (non-hydrogen) atoms. The van der Waals surface area contributed by atoms with Crippen molar-refractivity contribution >= 4 is 69.4 Å². The summed E-state index contributed by atoms with van der Waals surface area (Å²) >= 11 is 25.5. The van der Waals surface area contributed by atoms with Crippen molar-refractivity contribution in [3.8, 4) is 0 Å². The molecule has 0 amide bonds. The summed E-state index contributed by atoms with van der Waals surface area (Å²) in [5, 5.41) is 4.28. The summed E-state index contributed by atoms with van der Waals surface area (Å²) in [7, 11) is -3.45. The van der Waals surface area contributed by atoms with Crippen LogP contribution < -0.4 is 5.09 Å². The SMILES string of the molecule is O=P(C=C(Cl)c1ccccc1)(/C=C(/Cl)c1ccccc1)Nc1c(Cl)cccc1Cl. The maximum atomic E-state index is 13.9. The Morgan fingerprint density at radius 2 is 1.10 bits per heavy atom. The van der Waals surface area contributed by atoms with E-state index in [0.29, 0.717) is 25.8 Å². The minimum absolute atomic E-state index is 0.318. The first-order chi connectivity index (χ1) is 13.9. The van der Waals surface area contributed by atoms with E-state index in [4.69, 9.17) is 46.4 Å². The number of halogens is 4. The molecule has 0 saturated heterocycles. The molecule has 0 radical (unpaired) electrons. The van der Waals surface area contributed by atoms with Gasteiger partial charge in [0.1, 0.15) is 0 Å². The second kappa shape index (κ2) is 9.89. The molecule has 1 atom stereocenters. The summed E-state index contributed by atoms with van der Waals surface area (Å²) in [6.45, 7) is 0. The highest BCUT2D eigenvalue weighted by Gasteiger charge is 2.22. The molecule has 3 aromatic rings. The van der Waals surface area contributed by atoms with E-state index < -0.39 is 7.29 Å². The molecule has 0 heterocycles. The molecular weight excluding hydrogens is 467 g/mol. The molecule has 7 heteroatoms. The predicted octanol–water partition coefficient (Wildman–Crippen LogP) is 9.16. The van der Waals surface area contributed by atoms with E-state index in [1.54, 1.807) is 18.2 Å². The van der Waals surface area contributed by atoms with Crippen molar-refractivity contribution in [2.24, 2.45) is 0 Å². The van der Waals surface area contributed by atoms with Gasteiger partial charge in [0.15, 0.2) is 0 Å². The van der Waals surface area contributed by atoms with Crippen molar-refractivity contribution < 1.29 is 4.57 Å². The van der Waals surface area contributed by atoms with Crippen molar-refractivity contribution in [1.29, 1.82) is 0 Å². The van der Waals surface area contributed by atoms with Gasteiger partial charge in [0.05, 0.1) is 25.8 Å². The first kappa shape index (κ1) is 22.0. The molecular formula is C22H16Cl4NOP. The van der Waals surface area contributed by atoms with Crippen molar-refractivity contribution in [3.63, 3.8) is 0 Å². The van der Waals surface area contributed by atoms with Gasteiger partial charge in [-0.1, -0.05) is 113 Å². The van der Waals surface area contributed by atoms with E-state index in [2.05, 4.69) is 5.09 Å². The van der Waals surface area contributed by atoms with Gasteiger partial charge in [0.2, 0.25) is 7.29 Å². The highest BCUT2D eigenvalue weighted by molar-refractivity contribution is 7.72. The largest absolute Gasteiger partial charge is 0.328 e. The summed E-state index contributed by atoms with van der Waals surface area (Å²) in [5.41, 5.74) is 1.80. The molecule has 0 fully saturated rings. The lowest BCUT2D eigenvalue weighted by Crippen LogP contribution is -1.96. The molecule has 3 aromatic carbocycles. The molecule has 2 nitrogen and oxygen atoms in total. The van der Waals surface area contributed by atoms with Gasteiger partial charge in [-0.3, -0.25) is 4.57 Å². The number of anilines is 1. The van der Waals surface area contributed by atoms with Crippen LogP contribution in [0.1, 0.15) is 11.1 Å². The Morgan fingerprint density at radius 3 is 1.52 bits per heavy atom. The quantitative estimate of drug-likeness (QED) is 0.355. The summed E-state index contributed by atoms with van der Waals surface area (Å²) in [4.78, 5) is 0. The highest BCUT2D eigenvalue weighted by atomic mass is 35.5. The predicted molar refractivity (Wildman–Crippen MR) is 128 cm³/mol. The molecule has 0 aliphatic heterocycles. The van der Waals surface area contributed by atoms with E-state index in [1.807, 2.05) is 60.7 Å². The third kappa shape index (κ3) is 5.92. The summed E-state index contributed by atoms with van der Waals surface area (Å²) in [5.74, 6) is 2.91. The lowest BCUT2D eigenvalue weighted by Gasteiger charge is -2.18. The molecule has 0 saturated carbocycles. The van der Waals surface area contributed by atoms with Crippen LogP contribution >= 0.6 is 53.7 Å². The minimum Gasteiger partial charge on any atom is -0.328 e. The van der Waals surface area contributed by atoms with Crippen LogP contribution in [0, 0.1) is 0 Å². The lowest BCUT2D eigenvalue weighted by atomic mass is 10.2. The fraction of sp³-hybridized carbons (Fsp3) is 0. The molecule has 1 N–H and O–H groups in total. The van der Waals surface area contributed by atoms with Gasteiger partial charge >= 0.3 is 0 Å². The van der Waals surface area contributed by atoms with Crippen molar-refractivity contribution in [1.82, 2.24) is 0 Å². The van der Waals surface area contributed by atoms with Gasteiger partial charge in [-0.05, 0) is 23.3 Å². The Balaban J connectivity index is 2.09. The molecule has 0 aliphatic carbocycles. The Kier molecular flexibility index (Phi) is 7.51. The zero-order valence-corrected chi connectivity index (χ0v) is 18.9. The van der Waals surface area contributed by atoms with Crippen LogP contribution in [0.25, 0.3) is 10.1 Å². The van der Waals surface area contributed by atoms with Gasteiger partial charge in [0.25, 0.3) is 0 Å². The van der Waals surface area contributed by atoms with Crippen LogP contribution in [0.4, 0.5) is 5.69 Å². The number of nitrogens with one attached hydrogen (secondary N) is 1. The first-order valence-corrected chi connectivity index (χ1v) is 11.9. The van der Waals surface area contributed by atoms with Crippen molar-refractivity contribution in [2.45, 2.75) is 0 Å². The Bertz CT molecular complexity index is 1020. The second-order valence-electron chi connectivity index (χ2n) is 6.10. The molecule has 3 rings (SSSR count). The molecule has 1 unspecified atom stereocenters. The third-order valence-electron chi connectivity index (χ3n) is 3.96. The molecule has 148 valence electrons. The molecule has 0 bridgehead atoms. The van der Waals surface area contributed by atoms with Gasteiger partial charge in [-0.25, -0.2) is 0 Å². The molecule has 0 aromatic heterocycles. The number of hydrogen-bond acceptors (Lipinski definition) is 1. The van der Waals surface area contributed by atoms with Crippen molar-refractivity contribution in [2.75, 3.05) is 5.09 Å². The molecule has 0 aliphatic rings. The topological polar surface area (TPSA) is 29.1 Å². The third-order valence-corrected chi connectivity index (χ3v) is 7.40. The number of benzene rings is 3. The standard InChI is InChI=1S/C22H16Cl4NOP/c23-18-12-7-13-19(24)22(18)27-29(28,14-20(25)16-8-3-1-4-9-16)15-21(26)17-10-5-2-6-11-17/h1-15H,(H,27,28)/b20-14+,21-15?. The summed E-state index contributed by atoms with van der Waals surface area (Å²) in [6, 6.07) is 23.5. The molecule has 0 spiro atoms. The second-order valence-corrected chi connectivity index (χ2v) is 9.89. The van der Waals surface area contributed by atoms with Gasteiger partial charge < -0.3 is 5.09 Å². The van der Waals surface area contributed by atoms with Gasteiger partial charge in [0, 0.05) is 11.6 Å². The maximum Gasteiger partial charge on any atom is 0.216 e. The van der Waals surface area contributed by atoms with E-state index in [9.17, 15) is 4.57 Å². The number of para-hydroxylation sites is 1. The van der Waals surface area contributed by atoms with E-state index in [1.165, 1.54) is 11.6 Å². The zero-order valence-electron chi connectivity index (χ0n) is 15.0. The zero-order chi connectivity index (χ0) is 20.9. The average Bonchev–Trinajstić information content (AvgIpc) is 2.72. The van der Waals surface area contributed by atoms with Crippen LogP contribution in [0.15, 0.2) is 90.5 Å². The Hall–Kier alpha value is -1.67. The Morgan fingerprint density at radius 1 is 0.690 bits per heavy atom.